The highest BCUT2D eigenvalue weighted by molar-refractivity contribution is 7.98. The molecule has 0 radical (unpaired) electrons. The van der Waals surface area contributed by atoms with Crippen molar-refractivity contribution >= 4 is 28.8 Å². The summed E-state index contributed by atoms with van der Waals surface area (Å²) < 4.78 is 7.59. The molecule has 6 nitrogen and oxygen atoms in total. The summed E-state index contributed by atoms with van der Waals surface area (Å²) in [5, 5.41) is 7.94. The predicted octanol–water partition coefficient (Wildman–Crippen LogP) is 5.24. The molecule has 2 aromatic heterocycles. The first-order chi connectivity index (χ1) is 15.8. The van der Waals surface area contributed by atoms with Gasteiger partial charge in [-0.25, -0.2) is 9.67 Å². The zero-order chi connectivity index (χ0) is 21.8. The molecule has 5 aromatic rings. The molecule has 0 aliphatic heterocycles. The first-order valence-electron chi connectivity index (χ1n) is 10.2. The van der Waals surface area contributed by atoms with E-state index in [2.05, 4.69) is 15.4 Å². The number of nitrogens with one attached hydrogen (secondary N) is 1. The van der Waals surface area contributed by atoms with Gasteiger partial charge in [0, 0.05) is 30.3 Å². The van der Waals surface area contributed by atoms with E-state index in [4.69, 9.17) is 4.42 Å². The number of amides is 1. The van der Waals surface area contributed by atoms with Gasteiger partial charge in [0.25, 0.3) is 11.1 Å². The second-order valence-electron chi connectivity index (χ2n) is 7.16. The highest BCUT2D eigenvalue weighted by Crippen LogP contribution is 2.27. The average Bonchev–Trinajstić information content (AvgIpc) is 3.51. The Bertz CT molecular complexity index is 1330. The lowest BCUT2D eigenvalue weighted by molar-refractivity contribution is 0.0950. The molecule has 7 heteroatoms. The van der Waals surface area contributed by atoms with Gasteiger partial charge in [0.15, 0.2) is 5.58 Å². The van der Waals surface area contributed by atoms with Gasteiger partial charge in [0.1, 0.15) is 5.52 Å². The molecule has 0 saturated carbocycles. The lowest BCUT2D eigenvalue weighted by atomic mass is 10.1. The number of hydrogen-bond donors (Lipinski definition) is 1. The zero-order valence-electron chi connectivity index (χ0n) is 17.1. The van der Waals surface area contributed by atoms with Crippen molar-refractivity contribution in [2.75, 3.05) is 0 Å². The Kier molecular flexibility index (Phi) is 5.72. The third kappa shape index (κ3) is 4.29. The smallest absolute Gasteiger partial charge is 0.257 e. The largest absolute Gasteiger partial charge is 0.431 e. The van der Waals surface area contributed by atoms with Crippen LogP contribution in [-0.4, -0.2) is 20.7 Å². The van der Waals surface area contributed by atoms with E-state index in [-0.39, 0.29) is 5.91 Å². The molecular weight excluding hydrogens is 420 g/mol. The molecule has 0 unspecified atom stereocenters. The number of aromatic nitrogens is 3. The molecule has 32 heavy (non-hydrogen) atoms. The molecule has 0 bridgehead atoms. The molecule has 0 atom stereocenters. The summed E-state index contributed by atoms with van der Waals surface area (Å²) in [6.45, 7) is 0.404. The molecule has 0 saturated heterocycles. The molecule has 3 aromatic carbocycles. The molecule has 0 aliphatic carbocycles. The fourth-order valence-corrected chi connectivity index (χ4v) is 4.33. The van der Waals surface area contributed by atoms with Gasteiger partial charge in [0.2, 0.25) is 0 Å². The van der Waals surface area contributed by atoms with Gasteiger partial charge >= 0.3 is 0 Å². The van der Waals surface area contributed by atoms with Crippen molar-refractivity contribution in [2.45, 2.75) is 17.5 Å². The topological polar surface area (TPSA) is 73.0 Å². The first-order valence-corrected chi connectivity index (χ1v) is 11.2. The van der Waals surface area contributed by atoms with E-state index in [1.807, 2.05) is 85.1 Å². The maximum absolute atomic E-state index is 13.0. The van der Waals surface area contributed by atoms with Crippen LogP contribution < -0.4 is 5.32 Å². The average molecular weight is 441 g/mol. The Labute approximate surface area is 189 Å². The molecule has 5 rings (SSSR count). The van der Waals surface area contributed by atoms with Gasteiger partial charge in [0.05, 0.1) is 5.69 Å². The number of carbonyl (C=O) groups excluding carboxylic acids is 1. The van der Waals surface area contributed by atoms with Gasteiger partial charge in [-0.2, -0.15) is 5.10 Å². The third-order valence-electron chi connectivity index (χ3n) is 5.07. The van der Waals surface area contributed by atoms with Crippen LogP contribution in [-0.2, 0) is 12.3 Å². The molecule has 0 spiro atoms. The van der Waals surface area contributed by atoms with Crippen molar-refractivity contribution in [3.8, 4) is 5.69 Å². The van der Waals surface area contributed by atoms with Crippen molar-refractivity contribution in [3.63, 3.8) is 0 Å². The van der Waals surface area contributed by atoms with Crippen LogP contribution in [0.15, 0.2) is 101 Å². The standard InChI is InChI=1S/C25H20N4O2S/c30-24(26-16-18-8-2-5-12-22(18)29-15-7-14-27-29)20-10-3-1-9-19(20)17-32-25-28-21-11-4-6-13-23(21)31-25/h1-15H,16-17H2,(H,26,30). The minimum Gasteiger partial charge on any atom is -0.431 e. The lowest BCUT2D eigenvalue weighted by Crippen LogP contribution is -2.24. The van der Waals surface area contributed by atoms with Crippen molar-refractivity contribution in [1.82, 2.24) is 20.1 Å². The molecular formula is C25H20N4O2S. The number of para-hydroxylation sites is 3. The molecule has 0 fully saturated rings. The quantitative estimate of drug-likeness (QED) is 0.351. The number of benzene rings is 3. The van der Waals surface area contributed by atoms with E-state index in [1.54, 1.807) is 10.9 Å². The summed E-state index contributed by atoms with van der Waals surface area (Å²) in [4.78, 5) is 17.5. The van der Waals surface area contributed by atoms with Crippen LogP contribution in [0.3, 0.4) is 0 Å². The van der Waals surface area contributed by atoms with E-state index in [1.165, 1.54) is 11.8 Å². The summed E-state index contributed by atoms with van der Waals surface area (Å²) in [6.07, 6.45) is 3.62. The minimum atomic E-state index is -0.117. The van der Waals surface area contributed by atoms with Crippen molar-refractivity contribution in [3.05, 3.63) is 108 Å². The van der Waals surface area contributed by atoms with Crippen LogP contribution in [0.1, 0.15) is 21.5 Å². The van der Waals surface area contributed by atoms with Crippen LogP contribution in [0.25, 0.3) is 16.8 Å². The fraction of sp³-hybridized carbons (Fsp3) is 0.0800. The van der Waals surface area contributed by atoms with Crippen molar-refractivity contribution < 1.29 is 9.21 Å². The second kappa shape index (κ2) is 9.11. The van der Waals surface area contributed by atoms with E-state index in [9.17, 15) is 4.79 Å². The van der Waals surface area contributed by atoms with Gasteiger partial charge in [-0.1, -0.05) is 60.3 Å². The lowest BCUT2D eigenvalue weighted by Gasteiger charge is -2.12. The Hall–Kier alpha value is -3.84. The Morgan fingerprint density at radius 1 is 0.938 bits per heavy atom. The Morgan fingerprint density at radius 3 is 2.56 bits per heavy atom. The van der Waals surface area contributed by atoms with Crippen LogP contribution in [0, 0.1) is 0 Å². The van der Waals surface area contributed by atoms with Crippen molar-refractivity contribution in [2.24, 2.45) is 0 Å². The summed E-state index contributed by atoms with van der Waals surface area (Å²) in [6, 6.07) is 25.1. The fourth-order valence-electron chi connectivity index (χ4n) is 3.49. The molecule has 2 heterocycles. The van der Waals surface area contributed by atoms with Gasteiger partial charge in [-0.05, 0) is 41.5 Å². The summed E-state index contributed by atoms with van der Waals surface area (Å²) >= 11 is 1.48. The van der Waals surface area contributed by atoms with E-state index < -0.39 is 0 Å². The summed E-state index contributed by atoms with van der Waals surface area (Å²) in [5.74, 6) is 0.467. The van der Waals surface area contributed by atoms with Crippen molar-refractivity contribution in [1.29, 1.82) is 0 Å². The van der Waals surface area contributed by atoms with Gasteiger partial charge < -0.3 is 9.73 Å². The molecule has 1 N–H and O–H groups in total. The van der Waals surface area contributed by atoms with Crippen LogP contribution in [0.5, 0.6) is 0 Å². The van der Waals surface area contributed by atoms with Crippen LogP contribution in [0.4, 0.5) is 0 Å². The number of carbonyl (C=O) groups is 1. The van der Waals surface area contributed by atoms with E-state index >= 15 is 0 Å². The Morgan fingerprint density at radius 2 is 1.72 bits per heavy atom. The maximum atomic E-state index is 13.0. The zero-order valence-corrected chi connectivity index (χ0v) is 18.0. The highest BCUT2D eigenvalue weighted by atomic mass is 32.2. The van der Waals surface area contributed by atoms with Gasteiger partial charge in [-0.15, -0.1) is 0 Å². The highest BCUT2D eigenvalue weighted by Gasteiger charge is 2.14. The van der Waals surface area contributed by atoms with Crippen LogP contribution >= 0.6 is 11.8 Å². The third-order valence-corrected chi connectivity index (χ3v) is 5.95. The number of thioether (sulfide) groups is 1. The van der Waals surface area contributed by atoms with E-state index in [0.29, 0.717) is 23.1 Å². The van der Waals surface area contributed by atoms with Gasteiger partial charge in [-0.3, -0.25) is 4.79 Å². The summed E-state index contributed by atoms with van der Waals surface area (Å²) in [5.41, 5.74) is 5.10. The monoisotopic (exact) mass is 440 g/mol. The number of rotatable bonds is 7. The van der Waals surface area contributed by atoms with E-state index in [0.717, 1.165) is 27.9 Å². The van der Waals surface area contributed by atoms with Crippen LogP contribution in [0.2, 0.25) is 0 Å². The normalized spacial score (nSPS) is 11.0. The maximum Gasteiger partial charge on any atom is 0.257 e. The second-order valence-corrected chi connectivity index (χ2v) is 8.08. The number of nitrogens with zero attached hydrogens (tertiary/aromatic N) is 3. The SMILES string of the molecule is O=C(NCc1ccccc1-n1cccn1)c1ccccc1CSc1nc2ccccc2o1. The summed E-state index contributed by atoms with van der Waals surface area (Å²) in [7, 11) is 0. The number of fused-ring (bicyclic) bond motifs is 1. The predicted molar refractivity (Wildman–Crippen MR) is 125 cm³/mol. The minimum absolute atomic E-state index is 0.117. The Balaban J connectivity index is 1.29. The first kappa shape index (κ1) is 20.1. The molecule has 0 aliphatic rings. The number of oxazole rings is 1. The number of hydrogen-bond acceptors (Lipinski definition) is 5. The molecule has 1 amide bonds. The molecule has 158 valence electrons.